The zero-order valence-electron chi connectivity index (χ0n) is 10.6. The van der Waals surface area contributed by atoms with E-state index in [1.165, 1.54) is 12.2 Å². The van der Waals surface area contributed by atoms with E-state index in [1.54, 1.807) is 0 Å². The molecule has 0 aliphatic heterocycles. The van der Waals surface area contributed by atoms with Crippen LogP contribution in [0.25, 0.3) is 21.5 Å². The second kappa shape index (κ2) is 3.87. The highest BCUT2D eigenvalue weighted by Gasteiger charge is 2.24. The van der Waals surface area contributed by atoms with E-state index in [-0.39, 0.29) is 11.6 Å². The van der Waals surface area contributed by atoms with Crippen molar-refractivity contribution >= 4 is 33.1 Å². The van der Waals surface area contributed by atoms with Crippen LogP contribution in [0.15, 0.2) is 60.7 Å². The van der Waals surface area contributed by atoms with Gasteiger partial charge in [-0.1, -0.05) is 48.5 Å². The lowest BCUT2D eigenvalue weighted by molar-refractivity contribution is 0.0996. The summed E-state index contributed by atoms with van der Waals surface area (Å²) in [5.74, 6) is -0.192. The van der Waals surface area contributed by atoms with Gasteiger partial charge >= 0.3 is 0 Å². The molecule has 0 bridgehead atoms. The Hall–Kier alpha value is -2.74. The number of allylic oxidation sites excluding steroid dienone is 2. The van der Waals surface area contributed by atoms with Crippen LogP contribution < -0.4 is 0 Å². The predicted molar refractivity (Wildman–Crippen MR) is 79.3 cm³/mol. The van der Waals surface area contributed by atoms with Crippen LogP contribution in [0.1, 0.15) is 20.7 Å². The first-order valence-electron chi connectivity index (χ1n) is 6.47. The average molecular weight is 258 g/mol. The first-order valence-corrected chi connectivity index (χ1v) is 6.47. The first kappa shape index (κ1) is 11.1. The van der Waals surface area contributed by atoms with E-state index in [4.69, 9.17) is 0 Å². The molecule has 20 heavy (non-hydrogen) atoms. The Morgan fingerprint density at radius 2 is 0.850 bits per heavy atom. The van der Waals surface area contributed by atoms with Gasteiger partial charge in [0.15, 0.2) is 11.6 Å². The van der Waals surface area contributed by atoms with Crippen molar-refractivity contribution in [2.24, 2.45) is 0 Å². The van der Waals surface area contributed by atoms with E-state index in [2.05, 4.69) is 0 Å². The third kappa shape index (κ3) is 1.33. The molecular weight excluding hydrogens is 248 g/mol. The van der Waals surface area contributed by atoms with Crippen molar-refractivity contribution in [3.05, 3.63) is 71.8 Å². The Labute approximate surface area is 115 Å². The maximum Gasteiger partial charge on any atom is 0.187 e. The van der Waals surface area contributed by atoms with E-state index >= 15 is 0 Å². The number of carbonyl (C=O) groups excluding carboxylic acids is 2. The van der Waals surface area contributed by atoms with E-state index in [1.807, 2.05) is 48.5 Å². The predicted octanol–water partition coefficient (Wildman–Crippen LogP) is 3.93. The van der Waals surface area contributed by atoms with Crippen molar-refractivity contribution < 1.29 is 9.59 Å². The monoisotopic (exact) mass is 258 g/mol. The Bertz CT molecular complexity index is 856. The highest BCUT2D eigenvalue weighted by Crippen LogP contribution is 2.35. The Morgan fingerprint density at radius 1 is 0.500 bits per heavy atom. The van der Waals surface area contributed by atoms with Gasteiger partial charge in [-0.05, 0) is 33.7 Å². The molecule has 0 N–H and O–H groups in total. The zero-order valence-corrected chi connectivity index (χ0v) is 10.6. The molecule has 0 spiro atoms. The quantitative estimate of drug-likeness (QED) is 0.572. The van der Waals surface area contributed by atoms with Gasteiger partial charge in [-0.3, -0.25) is 9.59 Å². The number of fused-ring (bicyclic) bond motifs is 6. The Morgan fingerprint density at radius 3 is 1.25 bits per heavy atom. The molecule has 4 rings (SSSR count). The van der Waals surface area contributed by atoms with Crippen LogP contribution in [0, 0.1) is 0 Å². The smallest absolute Gasteiger partial charge is 0.187 e. The molecule has 0 unspecified atom stereocenters. The van der Waals surface area contributed by atoms with E-state index < -0.39 is 0 Å². The lowest BCUT2D eigenvalue weighted by atomic mass is 9.85. The SMILES string of the molecule is O=C1C=CC(=O)c2c1c1ccccc1c1ccccc21. The summed E-state index contributed by atoms with van der Waals surface area (Å²) in [6.07, 6.45) is 2.73. The van der Waals surface area contributed by atoms with Gasteiger partial charge in [0.05, 0.1) is 0 Å². The van der Waals surface area contributed by atoms with Crippen LogP contribution in [0.3, 0.4) is 0 Å². The molecule has 2 nitrogen and oxygen atoms in total. The molecule has 0 radical (unpaired) electrons. The summed E-state index contributed by atoms with van der Waals surface area (Å²) < 4.78 is 0. The van der Waals surface area contributed by atoms with Crippen LogP contribution in [-0.2, 0) is 0 Å². The molecule has 0 amide bonds. The number of hydrogen-bond donors (Lipinski definition) is 0. The van der Waals surface area contributed by atoms with Gasteiger partial charge in [-0.15, -0.1) is 0 Å². The van der Waals surface area contributed by atoms with E-state index in [9.17, 15) is 9.59 Å². The molecule has 0 saturated heterocycles. The lowest BCUT2D eigenvalue weighted by Crippen LogP contribution is -2.13. The van der Waals surface area contributed by atoms with Crippen LogP contribution >= 0.6 is 0 Å². The van der Waals surface area contributed by atoms with Gasteiger partial charge in [0.1, 0.15) is 0 Å². The average Bonchev–Trinajstić information content (AvgIpc) is 2.50. The minimum absolute atomic E-state index is 0.0958. The van der Waals surface area contributed by atoms with Gasteiger partial charge in [-0.2, -0.15) is 0 Å². The summed E-state index contributed by atoms with van der Waals surface area (Å²) in [4.78, 5) is 24.5. The fourth-order valence-electron chi connectivity index (χ4n) is 2.97. The molecule has 3 aromatic carbocycles. The third-order valence-electron chi connectivity index (χ3n) is 3.81. The standard InChI is InChI=1S/C18H10O2/c19-15-9-10-16(20)18-14-8-4-2-6-12(14)11-5-1-3-7-13(11)17(15)18/h1-10H. The first-order chi connectivity index (χ1) is 9.77. The molecule has 0 atom stereocenters. The normalized spacial score (nSPS) is 14.0. The topological polar surface area (TPSA) is 34.1 Å². The molecule has 0 heterocycles. The lowest BCUT2D eigenvalue weighted by Gasteiger charge is -2.16. The number of rotatable bonds is 0. The number of ketones is 2. The molecule has 0 aromatic heterocycles. The van der Waals surface area contributed by atoms with Crippen molar-refractivity contribution in [2.75, 3.05) is 0 Å². The number of hydrogen-bond acceptors (Lipinski definition) is 2. The van der Waals surface area contributed by atoms with Crippen LogP contribution in [0.4, 0.5) is 0 Å². The fraction of sp³-hybridized carbons (Fsp3) is 0. The van der Waals surface area contributed by atoms with Crippen molar-refractivity contribution in [2.45, 2.75) is 0 Å². The molecule has 94 valence electrons. The van der Waals surface area contributed by atoms with Gasteiger partial charge in [0, 0.05) is 11.1 Å². The highest BCUT2D eigenvalue weighted by molar-refractivity contribution is 6.33. The zero-order chi connectivity index (χ0) is 13.7. The van der Waals surface area contributed by atoms with Crippen LogP contribution in [-0.4, -0.2) is 11.6 Å². The van der Waals surface area contributed by atoms with Crippen molar-refractivity contribution in [1.82, 2.24) is 0 Å². The molecule has 0 saturated carbocycles. The van der Waals surface area contributed by atoms with Gasteiger partial charge in [0.2, 0.25) is 0 Å². The van der Waals surface area contributed by atoms with Gasteiger partial charge in [-0.25, -0.2) is 0 Å². The number of carbonyl (C=O) groups is 2. The second-order valence-electron chi connectivity index (χ2n) is 4.90. The maximum absolute atomic E-state index is 12.2. The van der Waals surface area contributed by atoms with E-state index in [0.717, 1.165) is 21.5 Å². The molecule has 1 aliphatic rings. The summed E-state index contributed by atoms with van der Waals surface area (Å²) in [5, 5.41) is 3.73. The molecule has 1 aliphatic carbocycles. The Kier molecular flexibility index (Phi) is 2.15. The van der Waals surface area contributed by atoms with Crippen molar-refractivity contribution in [1.29, 1.82) is 0 Å². The minimum Gasteiger partial charge on any atom is -0.289 e. The van der Waals surface area contributed by atoms with E-state index in [0.29, 0.717) is 11.1 Å². The van der Waals surface area contributed by atoms with Crippen LogP contribution in [0.5, 0.6) is 0 Å². The van der Waals surface area contributed by atoms with Crippen molar-refractivity contribution in [3.8, 4) is 0 Å². The summed E-state index contributed by atoms with van der Waals surface area (Å²) in [7, 11) is 0. The van der Waals surface area contributed by atoms with Gasteiger partial charge < -0.3 is 0 Å². The molecule has 2 heteroatoms. The second-order valence-corrected chi connectivity index (χ2v) is 4.90. The molecule has 3 aromatic rings. The molecule has 0 fully saturated rings. The summed E-state index contributed by atoms with van der Waals surface area (Å²) in [6.45, 7) is 0. The fourth-order valence-corrected chi connectivity index (χ4v) is 2.97. The summed E-state index contributed by atoms with van der Waals surface area (Å²) >= 11 is 0. The third-order valence-corrected chi connectivity index (χ3v) is 3.81. The van der Waals surface area contributed by atoms with Crippen molar-refractivity contribution in [3.63, 3.8) is 0 Å². The van der Waals surface area contributed by atoms with Gasteiger partial charge in [0.25, 0.3) is 0 Å². The largest absolute Gasteiger partial charge is 0.289 e. The van der Waals surface area contributed by atoms with Crippen LogP contribution in [0.2, 0.25) is 0 Å². The summed E-state index contributed by atoms with van der Waals surface area (Å²) in [6, 6.07) is 15.5. The minimum atomic E-state index is -0.0958. The summed E-state index contributed by atoms with van der Waals surface area (Å²) in [5.41, 5.74) is 1.07. The Balaban J connectivity index is 2.37. The highest BCUT2D eigenvalue weighted by atomic mass is 16.1. The molecular formula is C18H10O2. The number of benzene rings is 3. The maximum atomic E-state index is 12.2.